The largest absolute Gasteiger partial charge is 0.316 e. The zero-order valence-electron chi connectivity index (χ0n) is 10.2. The maximum Gasteiger partial charge on any atom is 0.240 e. The fraction of sp³-hybridized carbons (Fsp3) is 0.455. The Balaban J connectivity index is 0.00000256. The van der Waals surface area contributed by atoms with Gasteiger partial charge in [0.2, 0.25) is 10.0 Å². The highest BCUT2D eigenvalue weighted by Gasteiger charge is 2.13. The van der Waals surface area contributed by atoms with Gasteiger partial charge >= 0.3 is 0 Å². The Hall–Kier alpha value is -0.620. The minimum Gasteiger partial charge on any atom is -0.316 e. The van der Waals surface area contributed by atoms with Crippen molar-refractivity contribution in [2.24, 2.45) is 0 Å². The van der Waals surface area contributed by atoms with Crippen LogP contribution in [-0.2, 0) is 10.0 Å². The summed E-state index contributed by atoms with van der Waals surface area (Å²) in [6, 6.07) is 6.91. The van der Waals surface area contributed by atoms with Gasteiger partial charge in [0.1, 0.15) is 0 Å². The van der Waals surface area contributed by atoms with Crippen LogP contribution in [0.5, 0.6) is 0 Å². The molecule has 0 aliphatic rings. The summed E-state index contributed by atoms with van der Waals surface area (Å²) in [6.45, 7) is 4.22. The van der Waals surface area contributed by atoms with Gasteiger partial charge in [-0.3, -0.25) is 0 Å². The number of likely N-dealkylation sites (N-methyl/N-ethyl adjacent to an activating group) is 1. The average molecular weight is 279 g/mol. The highest BCUT2D eigenvalue weighted by atomic mass is 35.5. The van der Waals surface area contributed by atoms with E-state index in [-0.39, 0.29) is 18.4 Å². The van der Waals surface area contributed by atoms with Gasteiger partial charge in [-0.25, -0.2) is 13.1 Å². The maximum atomic E-state index is 11.8. The Morgan fingerprint density at radius 1 is 1.24 bits per heavy atom. The molecule has 0 aliphatic carbocycles. The zero-order valence-corrected chi connectivity index (χ0v) is 11.9. The van der Waals surface area contributed by atoms with Crippen LogP contribution in [0.25, 0.3) is 0 Å². The molecule has 1 unspecified atom stereocenters. The number of sulfonamides is 1. The maximum absolute atomic E-state index is 11.8. The van der Waals surface area contributed by atoms with Crippen molar-refractivity contribution in [3.8, 4) is 0 Å². The summed E-state index contributed by atoms with van der Waals surface area (Å²) in [7, 11) is -1.58. The van der Waals surface area contributed by atoms with Gasteiger partial charge in [-0.2, -0.15) is 0 Å². The molecule has 0 bridgehead atoms. The topological polar surface area (TPSA) is 58.2 Å². The Morgan fingerprint density at radius 3 is 2.24 bits per heavy atom. The van der Waals surface area contributed by atoms with Crippen LogP contribution in [0.4, 0.5) is 0 Å². The van der Waals surface area contributed by atoms with Crippen LogP contribution in [0.2, 0.25) is 0 Å². The van der Waals surface area contributed by atoms with Crippen LogP contribution >= 0.6 is 12.4 Å². The van der Waals surface area contributed by atoms with Gasteiger partial charge in [-0.15, -0.1) is 12.4 Å². The summed E-state index contributed by atoms with van der Waals surface area (Å²) in [5.41, 5.74) is 1.04. The summed E-state index contributed by atoms with van der Waals surface area (Å²) in [6.07, 6.45) is 0. The first kappa shape index (κ1) is 16.4. The van der Waals surface area contributed by atoms with Gasteiger partial charge in [-0.1, -0.05) is 17.7 Å². The number of rotatable bonds is 5. The molecule has 1 aromatic carbocycles. The minimum atomic E-state index is -3.37. The molecule has 0 saturated carbocycles. The Morgan fingerprint density at radius 2 is 1.76 bits per heavy atom. The molecular formula is C11H19ClN2O2S. The monoisotopic (exact) mass is 278 g/mol. The van der Waals surface area contributed by atoms with Gasteiger partial charge in [0.15, 0.2) is 0 Å². The van der Waals surface area contributed by atoms with E-state index >= 15 is 0 Å². The lowest BCUT2D eigenvalue weighted by molar-refractivity contribution is 0.554. The lowest BCUT2D eigenvalue weighted by Gasteiger charge is -2.11. The second kappa shape index (κ2) is 6.96. The van der Waals surface area contributed by atoms with Crippen LogP contribution in [-0.4, -0.2) is 28.1 Å². The molecule has 17 heavy (non-hydrogen) atoms. The van der Waals surface area contributed by atoms with Crippen LogP contribution in [0.3, 0.4) is 0 Å². The van der Waals surface area contributed by atoms with Crippen LogP contribution in [0, 0.1) is 6.92 Å². The molecule has 1 aromatic rings. The Bertz CT molecular complexity index is 431. The molecule has 0 heterocycles. The molecule has 1 atom stereocenters. The van der Waals surface area contributed by atoms with E-state index in [2.05, 4.69) is 10.0 Å². The highest BCUT2D eigenvalue weighted by molar-refractivity contribution is 7.89. The van der Waals surface area contributed by atoms with Crippen molar-refractivity contribution in [3.63, 3.8) is 0 Å². The molecule has 1 rings (SSSR count). The molecule has 98 valence electrons. The SMILES string of the molecule is CNC(C)CNS(=O)(=O)c1ccc(C)cc1.Cl. The number of nitrogens with one attached hydrogen (secondary N) is 2. The number of hydrogen-bond acceptors (Lipinski definition) is 3. The lowest BCUT2D eigenvalue weighted by Crippen LogP contribution is -2.37. The fourth-order valence-corrected chi connectivity index (χ4v) is 2.27. The Labute approximate surface area is 109 Å². The zero-order chi connectivity index (χ0) is 12.2. The van der Waals surface area contributed by atoms with Crippen molar-refractivity contribution in [1.82, 2.24) is 10.0 Å². The van der Waals surface area contributed by atoms with E-state index in [0.717, 1.165) is 5.56 Å². The predicted octanol–water partition coefficient (Wildman–Crippen LogP) is 1.30. The second-order valence-corrected chi connectivity index (χ2v) is 5.62. The quantitative estimate of drug-likeness (QED) is 0.854. The van der Waals surface area contributed by atoms with E-state index in [1.165, 1.54) is 0 Å². The van der Waals surface area contributed by atoms with Crippen molar-refractivity contribution >= 4 is 22.4 Å². The van der Waals surface area contributed by atoms with Gasteiger partial charge in [0, 0.05) is 12.6 Å². The standard InChI is InChI=1S/C11H18N2O2S.ClH/c1-9-4-6-11(7-5-9)16(14,15)13-8-10(2)12-3;/h4-7,10,12-13H,8H2,1-3H3;1H. The van der Waals surface area contributed by atoms with Crippen molar-refractivity contribution in [1.29, 1.82) is 0 Å². The molecule has 0 spiro atoms. The first-order valence-corrected chi connectivity index (χ1v) is 6.67. The fourth-order valence-electron chi connectivity index (χ4n) is 1.14. The Kier molecular flexibility index (Phi) is 6.70. The molecule has 2 N–H and O–H groups in total. The first-order valence-electron chi connectivity index (χ1n) is 5.19. The molecule has 4 nitrogen and oxygen atoms in total. The summed E-state index contributed by atoms with van der Waals surface area (Å²) < 4.78 is 26.2. The van der Waals surface area contributed by atoms with Crippen LogP contribution in [0.15, 0.2) is 29.2 Å². The van der Waals surface area contributed by atoms with Crippen molar-refractivity contribution in [3.05, 3.63) is 29.8 Å². The van der Waals surface area contributed by atoms with Gasteiger partial charge in [0.25, 0.3) is 0 Å². The third-order valence-electron chi connectivity index (χ3n) is 2.40. The number of hydrogen-bond donors (Lipinski definition) is 2. The normalized spacial score (nSPS) is 12.9. The van der Waals surface area contributed by atoms with Crippen molar-refractivity contribution < 1.29 is 8.42 Å². The molecular weight excluding hydrogens is 260 g/mol. The average Bonchev–Trinajstić information content (AvgIpc) is 2.26. The minimum absolute atomic E-state index is 0. The molecule has 0 fully saturated rings. The molecule has 0 saturated heterocycles. The highest BCUT2D eigenvalue weighted by Crippen LogP contribution is 2.09. The lowest BCUT2D eigenvalue weighted by atomic mass is 10.2. The number of halogens is 1. The summed E-state index contributed by atoms with van der Waals surface area (Å²) in [4.78, 5) is 0.307. The molecule has 0 radical (unpaired) electrons. The summed E-state index contributed by atoms with van der Waals surface area (Å²) in [5, 5.41) is 2.97. The molecule has 0 aromatic heterocycles. The third-order valence-corrected chi connectivity index (χ3v) is 3.84. The number of aryl methyl sites for hydroxylation is 1. The van der Waals surface area contributed by atoms with E-state index in [1.54, 1.807) is 31.3 Å². The van der Waals surface area contributed by atoms with Gasteiger partial charge in [0.05, 0.1) is 4.90 Å². The molecule has 0 amide bonds. The summed E-state index contributed by atoms with van der Waals surface area (Å²) >= 11 is 0. The second-order valence-electron chi connectivity index (χ2n) is 3.85. The first-order chi connectivity index (χ1) is 7.45. The molecule has 0 aliphatic heterocycles. The van der Waals surface area contributed by atoms with Gasteiger partial charge in [-0.05, 0) is 33.0 Å². The number of benzene rings is 1. The molecule has 6 heteroatoms. The van der Waals surface area contributed by atoms with Crippen LogP contribution < -0.4 is 10.0 Å². The van der Waals surface area contributed by atoms with E-state index in [0.29, 0.717) is 11.4 Å². The van der Waals surface area contributed by atoms with Crippen LogP contribution in [0.1, 0.15) is 12.5 Å². The third kappa shape index (κ3) is 5.04. The van der Waals surface area contributed by atoms with E-state index < -0.39 is 10.0 Å². The smallest absolute Gasteiger partial charge is 0.240 e. The summed E-state index contributed by atoms with van der Waals surface area (Å²) in [5.74, 6) is 0. The van der Waals surface area contributed by atoms with E-state index in [9.17, 15) is 8.42 Å². The van der Waals surface area contributed by atoms with E-state index in [1.807, 2.05) is 13.8 Å². The van der Waals surface area contributed by atoms with Gasteiger partial charge < -0.3 is 5.32 Å². The predicted molar refractivity (Wildman–Crippen MR) is 72.1 cm³/mol. The van der Waals surface area contributed by atoms with E-state index in [4.69, 9.17) is 0 Å². The van der Waals surface area contributed by atoms with Crippen molar-refractivity contribution in [2.45, 2.75) is 24.8 Å². The van der Waals surface area contributed by atoms with Crippen molar-refractivity contribution in [2.75, 3.05) is 13.6 Å².